The molecule has 39 heteroatoms. The van der Waals surface area contributed by atoms with Crippen LogP contribution in [-0.2, 0) is 76.9 Å². The summed E-state index contributed by atoms with van der Waals surface area (Å²) in [4.78, 5) is 107. The third-order valence-electron chi connectivity index (χ3n) is 24.8. The van der Waals surface area contributed by atoms with Crippen LogP contribution in [0.2, 0.25) is 18.1 Å². The van der Waals surface area contributed by atoms with E-state index in [1.165, 1.54) is 123 Å². The summed E-state index contributed by atoms with van der Waals surface area (Å²) in [6.07, 6.45) is 41.4. The summed E-state index contributed by atoms with van der Waals surface area (Å²) in [5.74, 6) is 4.63. The number of halogens is 1. The number of pyridine rings is 6. The zero-order valence-electron chi connectivity index (χ0n) is 75.9. The van der Waals surface area contributed by atoms with Gasteiger partial charge in [-0.1, -0.05) is 46.2 Å². The summed E-state index contributed by atoms with van der Waals surface area (Å²) in [6, 6.07) is 13.8. The predicted octanol–water partition coefficient (Wildman–Crippen LogP) is 13.4. The van der Waals surface area contributed by atoms with Crippen molar-refractivity contribution in [2.45, 2.75) is 215 Å². The molecule has 12 aromatic heterocycles. The Balaban J connectivity index is 0.000000162. The number of hydrogen-bond acceptors (Lipinski definition) is 30. The molecule has 0 amide bonds. The van der Waals surface area contributed by atoms with E-state index >= 15 is 0 Å². The second-order valence-corrected chi connectivity index (χ2v) is 39.9. The third kappa shape index (κ3) is 26.2. The average Bonchev–Trinajstić information content (AvgIpc) is 1.60. The van der Waals surface area contributed by atoms with Gasteiger partial charge in [0.1, 0.15) is 40.7 Å². The number of carbonyl (C=O) groups is 4. The smallest absolute Gasteiger partial charge is 0.793 e. The van der Waals surface area contributed by atoms with Gasteiger partial charge in [-0.3, -0.25) is 29.5 Å². The molecule has 677 valence electrons. The zero-order chi connectivity index (χ0) is 91.0. The van der Waals surface area contributed by atoms with Gasteiger partial charge in [0.2, 0.25) is 23.8 Å². The van der Waals surface area contributed by atoms with Crippen LogP contribution in [-0.4, -0.2) is 187 Å². The van der Waals surface area contributed by atoms with Crippen LogP contribution < -0.4 is 50.8 Å². The Morgan fingerprint density at radius 1 is 0.543 bits per heavy atom. The predicted molar refractivity (Wildman–Crippen MR) is 495 cm³/mol. The summed E-state index contributed by atoms with van der Waals surface area (Å²) in [5, 5.41) is 44.0. The Hall–Kier alpha value is -10.4. The van der Waals surface area contributed by atoms with E-state index in [0.717, 1.165) is 174 Å². The molecule has 129 heavy (non-hydrogen) atoms. The SMILES string of the molecule is CC(=O)OOC(C)=O.CC(C)(C)[Si](C)(C)OCC=O.CC1CCC(n2c3cnccc3c3cnc(Nc4cc5c(cn4)CCN(CCO)C5)nc32)CC1.CC1CCC(n2c3cnccc3c3cnc(Nc4cc5c(cn4)CCN(CCO)C5)nc32)CC1.CC1CCC(n2c3cnccc3c3cnc(Nc4cc5c(cn4)CCNC5)nc32)CC1.N=NN=NCl.[B-]OC(C)=O.[Na+]. The molecule has 6 aliphatic rings. The first kappa shape index (κ1) is 99.1. The number of rotatable bonds is 17. The summed E-state index contributed by atoms with van der Waals surface area (Å²) >= 11 is 4.55. The second kappa shape index (κ2) is 47.4. The molecule has 3 saturated carbocycles. The Morgan fingerprint density at radius 3 is 1.21 bits per heavy atom. The fourth-order valence-electron chi connectivity index (χ4n) is 17.0. The van der Waals surface area contributed by atoms with Crippen molar-refractivity contribution in [2.24, 2.45) is 32.8 Å². The standard InChI is InChI=1S/2C26H31N7O.C24H27N7.C8H18O2Si.C4H6O4.C2H3BO2.ClHN4.Na/c2*1-17-2-4-20(5-3-17)33-23-15-27-8-6-21(23)22-14-29-26(31-25(22)33)30-24-12-19-16-32(10-11-34)9-7-18(19)13-28-24;1-15-2-4-18(5-3-15)31-21-14-26-9-7-19(21)20-13-28-24(30-23(20)31)29-22-10-17-11-25-8-6-16(17)12-27-22;1-8(2,3)11(4,5)10-7-6-9;1-3(5)7-8-4(2)6;1-2(4)5-3;1-3-5-4-2;/h2*6,8,12-15,17,20,34H,2-5,7,9-11,16H2,1H3,(H,28,29,30,31);7,9-10,12-15,18,25H,2-6,8,11H2,1H3,(H,27,28,29,30);6H,7H2,1-5H3;1-2H3;1H3;2H;/q;;;;;-1;;+1. The van der Waals surface area contributed by atoms with Gasteiger partial charge in [-0.05, 0) is 219 Å². The summed E-state index contributed by atoms with van der Waals surface area (Å²) in [6.45, 7) is 28.8. The Kier molecular flexibility index (Phi) is 36.4. The van der Waals surface area contributed by atoms with Crippen LogP contribution in [0.3, 0.4) is 0 Å². The summed E-state index contributed by atoms with van der Waals surface area (Å²) < 4.78 is 18.9. The van der Waals surface area contributed by atoms with E-state index in [-0.39, 0.29) is 54.4 Å². The van der Waals surface area contributed by atoms with E-state index < -0.39 is 26.2 Å². The summed E-state index contributed by atoms with van der Waals surface area (Å²) in [7, 11) is 2.66. The Bertz CT molecular complexity index is 5600. The Labute approximate surface area is 780 Å². The van der Waals surface area contributed by atoms with Crippen molar-refractivity contribution < 1.29 is 77.8 Å². The monoisotopic (exact) mass is 1800 g/mol. The van der Waals surface area contributed by atoms with E-state index in [1.54, 1.807) is 0 Å². The molecule has 0 saturated heterocycles. The number of aliphatic hydroxyl groups is 2. The van der Waals surface area contributed by atoms with Crippen molar-refractivity contribution in [1.29, 1.82) is 5.53 Å². The number of aliphatic hydroxyl groups excluding tert-OH is 2. The molecule has 3 radical (unpaired) electrons. The van der Waals surface area contributed by atoms with Gasteiger partial charge in [0.25, 0.3) is 0 Å². The van der Waals surface area contributed by atoms with Crippen LogP contribution in [0.25, 0.3) is 65.8 Å². The number of aldehydes is 1. The van der Waals surface area contributed by atoms with E-state index in [9.17, 15) is 29.4 Å². The molecule has 35 nitrogen and oxygen atoms in total. The fourth-order valence-corrected chi connectivity index (χ4v) is 17.9. The van der Waals surface area contributed by atoms with Crippen LogP contribution in [0, 0.1) is 23.3 Å². The van der Waals surface area contributed by atoms with Crippen LogP contribution >= 0.6 is 11.8 Å². The second-order valence-electron chi connectivity index (χ2n) is 34.9. The van der Waals surface area contributed by atoms with Gasteiger partial charge in [0, 0.05) is 173 Å². The van der Waals surface area contributed by atoms with Crippen molar-refractivity contribution in [3.05, 3.63) is 144 Å². The topological polar surface area (TPSA) is 431 Å². The maximum atomic E-state index is 10.1. The molecule has 0 spiro atoms. The van der Waals surface area contributed by atoms with Crippen molar-refractivity contribution in [3.63, 3.8) is 0 Å². The molecule has 3 aliphatic heterocycles. The van der Waals surface area contributed by atoms with Crippen LogP contribution in [0.4, 0.5) is 35.3 Å². The number of nitrogens with one attached hydrogen (secondary N) is 5. The molecule has 0 aromatic carbocycles. The maximum absolute atomic E-state index is 10.1. The quantitative estimate of drug-likeness (QED) is 0.0146. The minimum atomic E-state index is -1.66. The zero-order valence-corrected chi connectivity index (χ0v) is 79.6. The van der Waals surface area contributed by atoms with Crippen molar-refractivity contribution >= 4 is 153 Å². The van der Waals surface area contributed by atoms with Gasteiger partial charge in [-0.15, -0.1) is 0 Å². The molecular weight excluding hydrogens is 1690 g/mol. The molecule has 0 unspecified atom stereocenters. The number of nitrogens with zero attached hydrogens (tertiary/aromatic N) is 20. The third-order valence-corrected chi connectivity index (χ3v) is 29.4. The minimum Gasteiger partial charge on any atom is -0.793 e. The van der Waals surface area contributed by atoms with Crippen molar-refractivity contribution in [1.82, 2.24) is 88.6 Å². The van der Waals surface area contributed by atoms with Gasteiger partial charge in [0.05, 0.1) is 66.7 Å². The van der Waals surface area contributed by atoms with Gasteiger partial charge in [0.15, 0.2) is 8.32 Å². The molecule has 15 heterocycles. The van der Waals surface area contributed by atoms with Gasteiger partial charge >= 0.3 is 41.5 Å². The molecule has 3 fully saturated rings. The Morgan fingerprint density at radius 2 is 0.899 bits per heavy atom. The molecule has 0 atom stereocenters. The molecule has 12 aromatic rings. The van der Waals surface area contributed by atoms with E-state index in [1.807, 2.05) is 74.4 Å². The normalized spacial score (nSPS) is 18.5. The van der Waals surface area contributed by atoms with Crippen LogP contribution in [0.5, 0.6) is 0 Å². The van der Waals surface area contributed by atoms with Gasteiger partial charge in [-0.25, -0.2) is 49.3 Å². The largest absolute Gasteiger partial charge is 1.00 e. The number of fused-ring (bicyclic) bond motifs is 12. The van der Waals surface area contributed by atoms with E-state index in [2.05, 4.69) is 230 Å². The van der Waals surface area contributed by atoms with Crippen LogP contribution in [0.15, 0.2) is 126 Å². The van der Waals surface area contributed by atoms with Gasteiger partial charge in [-0.2, -0.15) is 20.5 Å². The van der Waals surface area contributed by atoms with Crippen LogP contribution in [0.1, 0.15) is 191 Å². The molecule has 18 rings (SSSR count). The number of anilines is 6. The van der Waals surface area contributed by atoms with E-state index in [4.69, 9.17) is 24.9 Å². The van der Waals surface area contributed by atoms with Crippen molar-refractivity contribution in [2.75, 3.05) is 68.5 Å². The minimum absolute atomic E-state index is 0. The van der Waals surface area contributed by atoms with E-state index in [0.29, 0.717) is 49.1 Å². The molecular formula is C90H117BClN25NaO10Si. The molecule has 3 aliphatic carbocycles. The summed E-state index contributed by atoms with van der Waals surface area (Å²) in [5.41, 5.74) is 19.9. The first-order valence-electron chi connectivity index (χ1n) is 43.9. The number of hydrogen-bond donors (Lipinski definition) is 7. The fraction of sp³-hybridized carbons (Fsp3) is 0.489. The molecule has 0 bridgehead atoms. The van der Waals surface area contributed by atoms with Gasteiger partial charge < -0.3 is 67.1 Å². The number of aromatic nitrogens is 15. The number of β-amino-alcohol motifs (C(OH)–C–C–N with tert-alkyl or cyclic N) is 2. The maximum Gasteiger partial charge on any atom is 1.00 e. The first-order valence-corrected chi connectivity index (χ1v) is 47.1. The first-order chi connectivity index (χ1) is 61.8. The number of carbonyl (C=O) groups excluding carboxylic acids is 4. The molecule has 7 N–H and O–H groups in total. The van der Waals surface area contributed by atoms with Crippen molar-refractivity contribution in [3.8, 4) is 0 Å². The average molecular weight is 1810 g/mol.